The van der Waals surface area contributed by atoms with Crippen molar-refractivity contribution in [3.05, 3.63) is 71.0 Å². The number of amides is 3. The Morgan fingerprint density at radius 2 is 1.83 bits per heavy atom. The molecule has 0 spiro atoms. The minimum atomic E-state index is -1.01. The minimum absolute atomic E-state index is 0.0248. The Kier molecular flexibility index (Phi) is 5.38. The van der Waals surface area contributed by atoms with Crippen LogP contribution in [-0.2, 0) is 6.42 Å². The molecule has 2 aromatic rings. The van der Waals surface area contributed by atoms with E-state index in [0.717, 1.165) is 30.4 Å². The van der Waals surface area contributed by atoms with E-state index in [1.807, 2.05) is 18.2 Å². The molecule has 6 nitrogen and oxygen atoms in total. The van der Waals surface area contributed by atoms with Gasteiger partial charge < -0.3 is 20.6 Å². The Bertz CT molecular complexity index is 896. The van der Waals surface area contributed by atoms with E-state index in [9.17, 15) is 14.0 Å². The van der Waals surface area contributed by atoms with Crippen LogP contribution in [0.2, 0.25) is 0 Å². The van der Waals surface area contributed by atoms with Crippen LogP contribution < -0.4 is 10.6 Å². The number of carbonyl (C=O) groups is 2. The smallest absolute Gasteiger partial charge is 0.404 e. The normalized spacial score (nSPS) is 22.9. The van der Waals surface area contributed by atoms with Gasteiger partial charge >= 0.3 is 12.1 Å². The van der Waals surface area contributed by atoms with Crippen molar-refractivity contribution >= 4 is 12.1 Å². The van der Waals surface area contributed by atoms with Crippen LogP contribution in [0.5, 0.6) is 0 Å². The van der Waals surface area contributed by atoms with Gasteiger partial charge in [0, 0.05) is 19.1 Å². The summed E-state index contributed by atoms with van der Waals surface area (Å²) in [6.45, 7) is 1.10. The Labute approximate surface area is 168 Å². The summed E-state index contributed by atoms with van der Waals surface area (Å²) in [4.78, 5) is 25.5. The Hall–Kier alpha value is -3.09. The molecule has 0 radical (unpaired) electrons. The van der Waals surface area contributed by atoms with Gasteiger partial charge in [-0.1, -0.05) is 36.4 Å². The van der Waals surface area contributed by atoms with Gasteiger partial charge in [-0.15, -0.1) is 0 Å². The standard InChI is InChI=1S/C22H24FN3O3/c23-17-7-5-16(6-8-17)20-19-4-2-1-3-15(19)9-10-26(20)21(27)24-13-14-11-18(12-14)25-22(28)29/h1-8,14,18,20,25H,9-13H2,(H,24,27)(H,28,29)/t14?,18?,20-/m0/s1. The molecule has 2 aromatic carbocycles. The molecule has 1 aliphatic carbocycles. The highest BCUT2D eigenvalue weighted by Gasteiger charge is 2.34. The molecule has 0 bridgehead atoms. The second kappa shape index (κ2) is 8.11. The number of fused-ring (bicyclic) bond motifs is 1. The molecule has 1 atom stereocenters. The topological polar surface area (TPSA) is 81.7 Å². The van der Waals surface area contributed by atoms with E-state index in [-0.39, 0.29) is 29.8 Å². The number of nitrogens with one attached hydrogen (secondary N) is 2. The molecule has 1 fully saturated rings. The number of hydrogen-bond donors (Lipinski definition) is 3. The van der Waals surface area contributed by atoms with Crippen molar-refractivity contribution in [3.63, 3.8) is 0 Å². The van der Waals surface area contributed by atoms with E-state index in [0.29, 0.717) is 13.1 Å². The zero-order valence-corrected chi connectivity index (χ0v) is 16.0. The van der Waals surface area contributed by atoms with Gasteiger partial charge in [0.1, 0.15) is 5.82 Å². The lowest BCUT2D eigenvalue weighted by Crippen LogP contribution is -2.50. The third-order valence-electron chi connectivity index (χ3n) is 5.84. The van der Waals surface area contributed by atoms with E-state index in [4.69, 9.17) is 5.11 Å². The van der Waals surface area contributed by atoms with Gasteiger partial charge in [-0.2, -0.15) is 0 Å². The predicted octanol–water partition coefficient (Wildman–Crippen LogP) is 3.53. The molecule has 3 amide bonds. The van der Waals surface area contributed by atoms with Crippen LogP contribution in [0.15, 0.2) is 48.5 Å². The van der Waals surface area contributed by atoms with Crippen LogP contribution in [0.3, 0.4) is 0 Å². The first-order chi connectivity index (χ1) is 14.0. The Balaban J connectivity index is 1.46. The van der Waals surface area contributed by atoms with Gasteiger partial charge in [0.25, 0.3) is 0 Å². The first-order valence-electron chi connectivity index (χ1n) is 9.88. The molecule has 152 valence electrons. The molecular weight excluding hydrogens is 373 g/mol. The number of hydrogen-bond acceptors (Lipinski definition) is 2. The van der Waals surface area contributed by atoms with Gasteiger partial charge in [-0.25, -0.2) is 14.0 Å². The fourth-order valence-corrected chi connectivity index (χ4v) is 4.32. The minimum Gasteiger partial charge on any atom is -0.465 e. The van der Waals surface area contributed by atoms with E-state index in [1.54, 1.807) is 17.0 Å². The third kappa shape index (κ3) is 4.18. The summed E-state index contributed by atoms with van der Waals surface area (Å²) in [7, 11) is 0. The average molecular weight is 397 g/mol. The van der Waals surface area contributed by atoms with Gasteiger partial charge in [-0.05, 0) is 54.0 Å². The number of rotatable bonds is 4. The summed E-state index contributed by atoms with van der Waals surface area (Å²) in [6, 6.07) is 13.9. The van der Waals surface area contributed by atoms with Crippen LogP contribution in [-0.4, -0.2) is 41.3 Å². The number of halogens is 1. The van der Waals surface area contributed by atoms with Crippen molar-refractivity contribution in [2.75, 3.05) is 13.1 Å². The lowest BCUT2D eigenvalue weighted by molar-refractivity contribution is 0.156. The number of nitrogens with zero attached hydrogens (tertiary/aromatic N) is 1. The molecule has 1 heterocycles. The van der Waals surface area contributed by atoms with Gasteiger partial charge in [-0.3, -0.25) is 0 Å². The van der Waals surface area contributed by atoms with Gasteiger partial charge in [0.15, 0.2) is 0 Å². The van der Waals surface area contributed by atoms with E-state index in [2.05, 4.69) is 16.7 Å². The molecule has 2 aliphatic rings. The molecule has 3 N–H and O–H groups in total. The average Bonchev–Trinajstić information content (AvgIpc) is 2.69. The lowest BCUT2D eigenvalue weighted by Gasteiger charge is -2.39. The number of benzene rings is 2. The van der Waals surface area contributed by atoms with Gasteiger partial charge in [0.05, 0.1) is 6.04 Å². The zero-order chi connectivity index (χ0) is 20.4. The summed E-state index contributed by atoms with van der Waals surface area (Å²) < 4.78 is 13.4. The van der Waals surface area contributed by atoms with Crippen molar-refractivity contribution < 1.29 is 19.1 Å². The zero-order valence-electron chi connectivity index (χ0n) is 16.0. The van der Waals surface area contributed by atoms with Crippen molar-refractivity contribution in [2.45, 2.75) is 31.3 Å². The summed E-state index contributed by atoms with van der Waals surface area (Å²) in [5.41, 5.74) is 3.14. The summed E-state index contributed by atoms with van der Waals surface area (Å²) in [5, 5.41) is 14.2. The fraction of sp³-hybridized carbons (Fsp3) is 0.364. The van der Waals surface area contributed by atoms with Crippen molar-refractivity contribution in [1.82, 2.24) is 15.5 Å². The lowest BCUT2D eigenvalue weighted by atomic mass is 9.80. The molecule has 0 unspecified atom stereocenters. The van der Waals surface area contributed by atoms with Crippen LogP contribution in [0.1, 0.15) is 35.6 Å². The molecule has 29 heavy (non-hydrogen) atoms. The molecule has 4 rings (SSSR count). The first-order valence-corrected chi connectivity index (χ1v) is 9.88. The summed E-state index contributed by atoms with van der Waals surface area (Å²) >= 11 is 0. The number of carbonyl (C=O) groups excluding carboxylic acids is 1. The third-order valence-corrected chi connectivity index (χ3v) is 5.84. The number of urea groups is 1. The van der Waals surface area contributed by atoms with E-state index >= 15 is 0 Å². The highest BCUT2D eigenvalue weighted by molar-refractivity contribution is 5.76. The maximum absolute atomic E-state index is 13.4. The Morgan fingerprint density at radius 1 is 1.10 bits per heavy atom. The number of carboxylic acid groups (broad SMARTS) is 1. The van der Waals surface area contributed by atoms with Gasteiger partial charge in [0.2, 0.25) is 0 Å². The SMILES string of the molecule is O=C(O)NC1CC(CNC(=O)N2CCc3ccccc3[C@@H]2c2ccc(F)cc2)C1. The van der Waals surface area contributed by atoms with Crippen molar-refractivity contribution in [3.8, 4) is 0 Å². The molecule has 0 saturated heterocycles. The second-order valence-corrected chi connectivity index (χ2v) is 7.77. The second-order valence-electron chi connectivity index (χ2n) is 7.77. The molecule has 1 aliphatic heterocycles. The molecule has 0 aromatic heterocycles. The maximum Gasteiger partial charge on any atom is 0.404 e. The predicted molar refractivity (Wildman–Crippen MR) is 106 cm³/mol. The van der Waals surface area contributed by atoms with Crippen LogP contribution in [0, 0.1) is 11.7 Å². The quantitative estimate of drug-likeness (QED) is 0.738. The molecule has 7 heteroatoms. The van der Waals surface area contributed by atoms with Crippen LogP contribution in [0.4, 0.5) is 14.0 Å². The van der Waals surface area contributed by atoms with E-state index < -0.39 is 6.09 Å². The highest BCUT2D eigenvalue weighted by Crippen LogP contribution is 2.35. The Morgan fingerprint density at radius 3 is 2.55 bits per heavy atom. The van der Waals surface area contributed by atoms with E-state index in [1.165, 1.54) is 17.7 Å². The van der Waals surface area contributed by atoms with Crippen LogP contribution in [0.25, 0.3) is 0 Å². The highest BCUT2D eigenvalue weighted by atomic mass is 19.1. The fourth-order valence-electron chi connectivity index (χ4n) is 4.32. The van der Waals surface area contributed by atoms with Crippen molar-refractivity contribution in [2.24, 2.45) is 5.92 Å². The summed E-state index contributed by atoms with van der Waals surface area (Å²) in [6.07, 6.45) is 1.23. The molecular formula is C22H24FN3O3. The largest absolute Gasteiger partial charge is 0.465 e. The van der Waals surface area contributed by atoms with Crippen LogP contribution >= 0.6 is 0 Å². The first kappa shape index (κ1) is 19.2. The summed E-state index contributed by atoms with van der Waals surface area (Å²) in [5.74, 6) is -0.0273. The maximum atomic E-state index is 13.4. The van der Waals surface area contributed by atoms with Crippen molar-refractivity contribution in [1.29, 1.82) is 0 Å². The monoisotopic (exact) mass is 397 g/mol. The molecule has 1 saturated carbocycles.